The number of rotatable bonds is 51. The van der Waals surface area contributed by atoms with Gasteiger partial charge in [0.15, 0.2) is 0 Å². The predicted octanol–water partition coefficient (Wildman–Crippen LogP) is 26.0. The van der Waals surface area contributed by atoms with Crippen LogP contribution in [0.15, 0.2) is 243 Å². The Bertz CT molecular complexity index is 4810. The Kier molecular flexibility index (Phi) is 41.3. The van der Waals surface area contributed by atoms with Crippen LogP contribution in [0.25, 0.3) is 0 Å². The summed E-state index contributed by atoms with van der Waals surface area (Å²) in [5.74, 6) is 4.33. The molecular formula is C102H117ClN12O14. The van der Waals surface area contributed by atoms with Gasteiger partial charge in [0, 0.05) is 39.7 Å². The van der Waals surface area contributed by atoms with Crippen molar-refractivity contribution in [1.29, 1.82) is 0 Å². The average molecular weight is 1770 g/mol. The monoisotopic (exact) mass is 1770 g/mol. The average Bonchev–Trinajstić information content (AvgIpc) is 0.845. The van der Waals surface area contributed by atoms with E-state index in [-0.39, 0.29) is 52.9 Å². The molecule has 10 aromatic carbocycles. The van der Waals surface area contributed by atoms with Gasteiger partial charge in [0.25, 0.3) is 5.24 Å². The zero-order valence-electron chi connectivity index (χ0n) is 73.8. The number of aromatic nitrogens is 6. The number of aromatic hydroxyl groups is 3. The molecule has 12 aromatic rings. The summed E-state index contributed by atoms with van der Waals surface area (Å²) in [4.78, 5) is 77.2. The van der Waals surface area contributed by atoms with E-state index in [1.807, 2.05) is 0 Å². The topological polar surface area (TPSA) is 343 Å². The van der Waals surface area contributed by atoms with E-state index in [1.165, 1.54) is 109 Å². The molecule has 0 aliphatic heterocycles. The van der Waals surface area contributed by atoms with Crippen LogP contribution in [0, 0.1) is 0 Å². The molecular weight excluding hydrogens is 1650 g/mol. The SMILES string of the molecule is CCCCCCCCOc1ccc(C(=O)Cl)cc1.CCCCCCCCOc1ccc(C(=O)Oc2ccc(Nc3nc(Nc4ccc(OC(=O)c5ccc(OCCCCCCCC)cc5)cc4)nc(Nc4ccc(OC(=O)c5ccc(OCCCCCCCC)cc5)cc4)n3)cc2)cc1.Oc1ccc(Nc2nc(Nc3ccc(O)cc3)nc(Nc3ccc(O)cc3)n2)cc1. The number of carbonyl (C=O) groups excluding carboxylic acids is 4. The summed E-state index contributed by atoms with van der Waals surface area (Å²) in [5.41, 5.74) is 5.57. The van der Waals surface area contributed by atoms with Gasteiger partial charge in [-0.05, 0) is 280 Å². The summed E-state index contributed by atoms with van der Waals surface area (Å²) in [5, 5.41) is 46.8. The smallest absolute Gasteiger partial charge is 0.343 e. The highest BCUT2D eigenvalue weighted by Gasteiger charge is 2.17. The van der Waals surface area contributed by atoms with Gasteiger partial charge in [-0.1, -0.05) is 156 Å². The fourth-order valence-corrected chi connectivity index (χ4v) is 13.0. The lowest BCUT2D eigenvalue weighted by molar-refractivity contribution is 0.0725. The van der Waals surface area contributed by atoms with E-state index >= 15 is 0 Å². The van der Waals surface area contributed by atoms with E-state index in [9.17, 15) is 34.5 Å². The Morgan fingerprint density at radius 2 is 0.403 bits per heavy atom. The van der Waals surface area contributed by atoms with Gasteiger partial charge in [0.05, 0.1) is 43.1 Å². The molecule has 0 saturated carbocycles. The molecule has 0 spiro atoms. The number of ether oxygens (including phenoxy) is 7. The Hall–Kier alpha value is -14.0. The number of benzene rings is 10. The molecule has 0 unspecified atom stereocenters. The molecule has 0 bridgehead atoms. The van der Waals surface area contributed by atoms with Crippen molar-refractivity contribution in [2.45, 2.75) is 182 Å². The van der Waals surface area contributed by atoms with Crippen molar-refractivity contribution in [3.05, 3.63) is 265 Å². The highest BCUT2D eigenvalue weighted by Crippen LogP contribution is 2.30. The molecule has 0 saturated heterocycles. The third kappa shape index (κ3) is 36.5. The molecule has 0 fully saturated rings. The minimum absolute atomic E-state index is 0.153. The molecule has 0 atom stereocenters. The van der Waals surface area contributed by atoms with Crippen molar-refractivity contribution in [1.82, 2.24) is 29.9 Å². The predicted molar refractivity (Wildman–Crippen MR) is 509 cm³/mol. The molecule has 27 heteroatoms. The summed E-state index contributed by atoms with van der Waals surface area (Å²) < 4.78 is 40.3. The van der Waals surface area contributed by atoms with Crippen molar-refractivity contribution < 1.29 is 67.7 Å². The van der Waals surface area contributed by atoms with Crippen LogP contribution in [-0.2, 0) is 0 Å². The van der Waals surface area contributed by atoms with Crippen LogP contribution >= 0.6 is 11.6 Å². The number of carbonyl (C=O) groups is 4. The van der Waals surface area contributed by atoms with Crippen LogP contribution in [0.2, 0.25) is 0 Å². The van der Waals surface area contributed by atoms with Gasteiger partial charge in [0.1, 0.15) is 57.5 Å². The van der Waals surface area contributed by atoms with Gasteiger partial charge in [-0.3, -0.25) is 4.79 Å². The molecule has 676 valence electrons. The maximum atomic E-state index is 13.1. The Morgan fingerprint density at radius 3 is 0.597 bits per heavy atom. The molecule has 12 rings (SSSR count). The van der Waals surface area contributed by atoms with Crippen LogP contribution in [0.3, 0.4) is 0 Å². The number of hydrogen-bond acceptors (Lipinski definition) is 26. The molecule has 129 heavy (non-hydrogen) atoms. The van der Waals surface area contributed by atoms with Crippen molar-refractivity contribution >= 4 is 105 Å². The lowest BCUT2D eigenvalue weighted by Gasteiger charge is -2.13. The molecule has 0 amide bonds. The third-order valence-corrected chi connectivity index (χ3v) is 20.2. The van der Waals surface area contributed by atoms with Crippen LogP contribution in [-0.4, -0.2) is 94.8 Å². The number of esters is 3. The standard InChI is InChI=1S/C66H78N6O9.C21H18N6O3.C15H21ClO2/c1-4-7-10-13-16-19-46-76-55-34-22-49(23-35-55)61(73)79-58-40-28-52(29-41-58)67-64-70-65(68-53-30-42-59(43-31-53)80-62(74)50-24-36-56(37-25-50)77-47-20-17-14-11-8-5-2)72-66(71-64)69-54-32-44-60(45-33-54)81-63(75)51-26-38-57(39-27-51)78-48-21-18-15-12-9-6-3;28-16-7-1-13(2-8-16)22-19-25-20(23-14-3-9-17(29)10-4-14)27-21(26-19)24-15-5-11-18(30)12-6-15;1-2-3-4-5-6-7-12-18-14-10-8-13(9-11-14)15(16)17/h22-45H,4-21,46-48H2,1-3H3,(H3,67,68,69,70,71,72);1-12,28-30H,(H3,22,23,24,25,26,27);8-11H,2-7,12H2,1H3. The van der Waals surface area contributed by atoms with Gasteiger partial charge < -0.3 is 80.4 Å². The summed E-state index contributed by atoms with van der Waals surface area (Å²) >= 11 is 5.36. The third-order valence-electron chi connectivity index (χ3n) is 20.0. The fourth-order valence-electron chi connectivity index (χ4n) is 12.8. The largest absolute Gasteiger partial charge is 0.508 e. The summed E-state index contributed by atoms with van der Waals surface area (Å²) in [6.45, 7) is 11.5. The normalized spacial score (nSPS) is 10.7. The number of phenols is 3. The van der Waals surface area contributed by atoms with Gasteiger partial charge in [-0.2, -0.15) is 29.9 Å². The first-order chi connectivity index (χ1) is 63.0. The van der Waals surface area contributed by atoms with E-state index in [2.05, 4.69) is 89.5 Å². The molecule has 0 aliphatic rings. The number of anilines is 12. The quantitative estimate of drug-likeness (QED) is 0.00562. The zero-order valence-corrected chi connectivity index (χ0v) is 74.5. The fraction of sp³-hybridized carbons (Fsp3) is 0.314. The van der Waals surface area contributed by atoms with Gasteiger partial charge in [-0.25, -0.2) is 14.4 Å². The number of nitrogens with zero attached hydrogens (tertiary/aromatic N) is 6. The van der Waals surface area contributed by atoms with E-state index in [1.54, 1.807) is 243 Å². The zero-order chi connectivity index (χ0) is 90.8. The molecule has 2 aromatic heterocycles. The maximum absolute atomic E-state index is 13.1. The number of phenolic OH excluding ortho intramolecular Hbond substituents is 3. The summed E-state index contributed by atoms with van der Waals surface area (Å²) in [6, 6.07) is 67.7. The highest BCUT2D eigenvalue weighted by molar-refractivity contribution is 6.67. The van der Waals surface area contributed by atoms with Crippen LogP contribution < -0.4 is 65.1 Å². The minimum Gasteiger partial charge on any atom is -0.508 e. The van der Waals surface area contributed by atoms with Crippen molar-refractivity contribution in [2.24, 2.45) is 0 Å². The van der Waals surface area contributed by atoms with Crippen LogP contribution in [0.5, 0.6) is 57.5 Å². The van der Waals surface area contributed by atoms with E-state index < -0.39 is 23.2 Å². The van der Waals surface area contributed by atoms with Crippen LogP contribution in [0.1, 0.15) is 223 Å². The van der Waals surface area contributed by atoms with E-state index in [0.717, 1.165) is 57.3 Å². The molecule has 2 heterocycles. The Balaban J connectivity index is 0.000000290. The number of halogens is 1. The summed E-state index contributed by atoms with van der Waals surface area (Å²) in [6.07, 6.45) is 28.8. The number of unbranched alkanes of at least 4 members (excludes halogenated alkanes) is 20. The molecule has 26 nitrogen and oxygen atoms in total. The lowest BCUT2D eigenvalue weighted by atomic mass is 10.1. The lowest BCUT2D eigenvalue weighted by Crippen LogP contribution is -2.09. The summed E-state index contributed by atoms with van der Waals surface area (Å²) in [7, 11) is 0. The van der Waals surface area contributed by atoms with Crippen LogP contribution in [0.4, 0.5) is 69.8 Å². The first kappa shape index (κ1) is 97.2. The number of hydrogen-bond donors (Lipinski definition) is 9. The second-order valence-electron chi connectivity index (χ2n) is 30.6. The van der Waals surface area contributed by atoms with Gasteiger partial charge in [0.2, 0.25) is 35.7 Å². The van der Waals surface area contributed by atoms with Crippen molar-refractivity contribution in [3.63, 3.8) is 0 Å². The van der Waals surface area contributed by atoms with Gasteiger partial charge >= 0.3 is 17.9 Å². The molecule has 9 N–H and O–H groups in total. The Morgan fingerprint density at radius 1 is 0.233 bits per heavy atom. The second-order valence-corrected chi connectivity index (χ2v) is 30.9. The highest BCUT2D eigenvalue weighted by atomic mass is 35.5. The first-order valence-electron chi connectivity index (χ1n) is 44.6. The maximum Gasteiger partial charge on any atom is 0.343 e. The van der Waals surface area contributed by atoms with Crippen molar-refractivity contribution in [3.8, 4) is 57.5 Å². The Labute approximate surface area is 760 Å². The number of nitrogens with one attached hydrogen (secondary N) is 6. The molecule has 0 aliphatic carbocycles. The van der Waals surface area contributed by atoms with E-state index in [0.29, 0.717) is 111 Å². The minimum atomic E-state index is -0.497. The second kappa shape index (κ2) is 54.8. The molecule has 0 radical (unpaired) electrons. The first-order valence-corrected chi connectivity index (χ1v) is 45.0. The van der Waals surface area contributed by atoms with Gasteiger partial charge in [-0.15, -0.1) is 0 Å². The van der Waals surface area contributed by atoms with E-state index in [4.69, 9.17) is 44.8 Å². The van der Waals surface area contributed by atoms with Crippen molar-refractivity contribution in [2.75, 3.05) is 58.3 Å².